The first-order chi connectivity index (χ1) is 74.3. The van der Waals surface area contributed by atoms with Crippen molar-refractivity contribution >= 4 is 97.0 Å². The third-order valence-corrected chi connectivity index (χ3v) is 28.8. The Balaban J connectivity index is 0.000000114. The van der Waals surface area contributed by atoms with Crippen LogP contribution in [0.15, 0.2) is 564 Å². The number of fused-ring (bicyclic) bond motifs is 18. The van der Waals surface area contributed by atoms with Crippen LogP contribution in [0.2, 0.25) is 0 Å². The van der Waals surface area contributed by atoms with E-state index in [-0.39, 0.29) is 0 Å². The molecule has 0 aliphatic rings. The topological polar surface area (TPSA) is 90.2 Å². The van der Waals surface area contributed by atoms with Crippen molar-refractivity contribution in [2.75, 3.05) is 0 Å². The van der Waals surface area contributed by atoms with Crippen LogP contribution in [0.3, 0.4) is 0 Å². The van der Waals surface area contributed by atoms with Gasteiger partial charge in [0.25, 0.3) is 0 Å². The predicted molar refractivity (Wildman–Crippen MR) is 628 cm³/mol. The highest BCUT2D eigenvalue weighted by atomic mass is 15.0. The van der Waals surface area contributed by atoms with Crippen LogP contribution in [0, 0.1) is 0 Å². The molecule has 3 heterocycles. The average Bonchev–Trinajstić information content (AvgIpc) is 0.746. The van der Waals surface area contributed by atoms with Crippen molar-refractivity contribution < 1.29 is 0 Å². The first-order valence-corrected chi connectivity index (χ1v) is 50.9. The third-order valence-electron chi connectivity index (χ3n) is 28.8. The molecule has 0 atom stereocenters. The molecule has 7 heteroatoms. The molecule has 0 saturated heterocycles. The summed E-state index contributed by atoms with van der Waals surface area (Å²) < 4.78 is 0. The zero-order chi connectivity index (χ0) is 99.6. The smallest absolute Gasteiger partial charge is 0.164 e. The molecule has 0 bridgehead atoms. The van der Waals surface area contributed by atoms with Crippen molar-refractivity contribution in [1.29, 1.82) is 0 Å². The SMILES string of the molecule is c1ccc(-c2cc(-c3ccccc3)nc(-c3cccc(-c4cccc(-c5ccc6c7ccccc7c7ccccc7c6c5)c4)c3)n2)cc1.c1ccc(-c2cccc(-c3cc(-c4cccc(-c5cccc(-c6ccc7c8ccccc8c8ccccc8c7c6)c5)c4)nc(-c4ccccc4)n3)c2)cc1.c1ccc(-c2nc(-c3ccccc3)nc(-c3cccc(-c4cccc(-c5ccc6c7ccccc7c7ccccc7c6c5)c4)c3)n2)cc1. The van der Waals surface area contributed by atoms with Gasteiger partial charge in [0.2, 0.25) is 0 Å². The van der Waals surface area contributed by atoms with E-state index in [1.807, 2.05) is 121 Å². The van der Waals surface area contributed by atoms with Gasteiger partial charge in [0.15, 0.2) is 29.1 Å². The van der Waals surface area contributed by atoms with Gasteiger partial charge in [0, 0.05) is 50.1 Å². The molecule has 0 radical (unpaired) electrons. The average molecular weight is 1910 g/mol. The molecule has 7 nitrogen and oxygen atoms in total. The molecule has 0 saturated carbocycles. The van der Waals surface area contributed by atoms with Gasteiger partial charge in [-0.25, -0.2) is 34.9 Å². The van der Waals surface area contributed by atoms with Crippen LogP contribution in [0.4, 0.5) is 0 Å². The largest absolute Gasteiger partial charge is 0.228 e. The van der Waals surface area contributed by atoms with E-state index in [0.717, 1.165) is 112 Å². The second-order valence-electron chi connectivity index (χ2n) is 38.0. The van der Waals surface area contributed by atoms with E-state index in [1.54, 1.807) is 0 Å². The van der Waals surface area contributed by atoms with Crippen molar-refractivity contribution in [3.63, 3.8) is 0 Å². The van der Waals surface area contributed by atoms with E-state index in [0.29, 0.717) is 29.1 Å². The molecule has 28 rings (SSSR count). The molecule has 0 unspecified atom stereocenters. The highest BCUT2D eigenvalue weighted by Crippen LogP contribution is 2.45. The number of hydrogen-bond acceptors (Lipinski definition) is 7. The molecular weight excluding hydrogens is 1820 g/mol. The lowest BCUT2D eigenvalue weighted by molar-refractivity contribution is 1.07. The minimum absolute atomic E-state index is 0.648. The summed E-state index contributed by atoms with van der Waals surface area (Å²) >= 11 is 0. The van der Waals surface area contributed by atoms with Gasteiger partial charge in [0.1, 0.15) is 0 Å². The second kappa shape index (κ2) is 40.0. The molecule has 0 N–H and O–H groups in total. The maximum absolute atomic E-state index is 5.14. The van der Waals surface area contributed by atoms with Crippen LogP contribution in [0.25, 0.3) is 277 Å². The lowest BCUT2D eigenvalue weighted by atomic mass is 9.91. The van der Waals surface area contributed by atoms with Crippen LogP contribution in [-0.2, 0) is 0 Å². The normalized spacial score (nSPS) is 11.3. The molecule has 0 fully saturated rings. The number of aromatic nitrogens is 7. The van der Waals surface area contributed by atoms with Crippen molar-refractivity contribution in [1.82, 2.24) is 34.9 Å². The van der Waals surface area contributed by atoms with E-state index >= 15 is 0 Å². The van der Waals surface area contributed by atoms with E-state index in [1.165, 1.54) is 136 Å². The van der Waals surface area contributed by atoms with Crippen molar-refractivity contribution in [3.8, 4) is 180 Å². The summed E-state index contributed by atoms with van der Waals surface area (Å²) in [6.45, 7) is 0. The lowest BCUT2D eigenvalue weighted by Gasteiger charge is -2.13. The zero-order valence-corrected chi connectivity index (χ0v) is 81.8. The van der Waals surface area contributed by atoms with Crippen molar-refractivity contribution in [2.24, 2.45) is 0 Å². The molecule has 150 heavy (non-hydrogen) atoms. The van der Waals surface area contributed by atoms with Gasteiger partial charge in [0.05, 0.1) is 22.8 Å². The molecule has 25 aromatic carbocycles. The summed E-state index contributed by atoms with van der Waals surface area (Å²) in [4.78, 5) is 35.1. The van der Waals surface area contributed by atoms with Crippen LogP contribution in [0.5, 0.6) is 0 Å². The Morgan fingerprint density at radius 1 is 0.0733 bits per heavy atom. The summed E-state index contributed by atoms with van der Waals surface area (Å²) in [5.41, 5.74) is 28.9. The maximum Gasteiger partial charge on any atom is 0.164 e. The Labute approximate surface area is 869 Å². The Morgan fingerprint density at radius 3 is 0.473 bits per heavy atom. The lowest BCUT2D eigenvalue weighted by Crippen LogP contribution is -2.00. The molecule has 0 amide bonds. The van der Waals surface area contributed by atoms with Crippen LogP contribution in [-0.4, -0.2) is 34.9 Å². The summed E-state index contributed by atoms with van der Waals surface area (Å²) in [5.74, 6) is 3.38. The molecular formula is C143H93N7. The minimum Gasteiger partial charge on any atom is -0.228 e. The highest BCUT2D eigenvalue weighted by Gasteiger charge is 2.22. The Kier molecular flexibility index (Phi) is 24.0. The summed E-state index contributed by atoms with van der Waals surface area (Å²) in [5, 5.41) is 23.1. The molecule has 3 aromatic heterocycles. The molecule has 28 aromatic rings. The van der Waals surface area contributed by atoms with Crippen molar-refractivity contribution in [2.45, 2.75) is 0 Å². The summed E-state index contributed by atoms with van der Waals surface area (Å²) in [6, 6.07) is 200. The van der Waals surface area contributed by atoms with Gasteiger partial charge in [-0.15, -0.1) is 0 Å². The summed E-state index contributed by atoms with van der Waals surface area (Å²) in [7, 11) is 0. The molecule has 0 aliphatic heterocycles. The van der Waals surface area contributed by atoms with Gasteiger partial charge in [-0.2, -0.15) is 0 Å². The predicted octanol–water partition coefficient (Wildman–Crippen LogP) is 37.9. The molecule has 0 aliphatic carbocycles. The van der Waals surface area contributed by atoms with E-state index in [4.69, 9.17) is 34.9 Å². The molecule has 0 spiro atoms. The fourth-order valence-corrected chi connectivity index (χ4v) is 21.4. The Morgan fingerprint density at radius 2 is 0.220 bits per heavy atom. The fraction of sp³-hybridized carbons (Fsp3) is 0. The second-order valence-corrected chi connectivity index (χ2v) is 38.0. The highest BCUT2D eigenvalue weighted by molar-refractivity contribution is 6.28. The number of rotatable bonds is 16. The quantitative estimate of drug-likeness (QED) is 0.0890. The van der Waals surface area contributed by atoms with Gasteiger partial charge in [-0.1, -0.05) is 491 Å². The fourth-order valence-electron chi connectivity index (χ4n) is 21.4. The first-order valence-electron chi connectivity index (χ1n) is 50.9. The Hall–Kier alpha value is -20.0. The van der Waals surface area contributed by atoms with Gasteiger partial charge >= 0.3 is 0 Å². The van der Waals surface area contributed by atoms with Crippen LogP contribution < -0.4 is 0 Å². The van der Waals surface area contributed by atoms with E-state index in [9.17, 15) is 0 Å². The number of benzene rings is 25. The number of nitrogens with zero attached hydrogens (tertiary/aromatic N) is 7. The zero-order valence-electron chi connectivity index (χ0n) is 81.8. The van der Waals surface area contributed by atoms with Gasteiger partial charge in [-0.3, -0.25) is 0 Å². The van der Waals surface area contributed by atoms with Crippen molar-refractivity contribution in [3.05, 3.63) is 564 Å². The minimum atomic E-state index is 0.648. The summed E-state index contributed by atoms with van der Waals surface area (Å²) in [6.07, 6.45) is 0. The third kappa shape index (κ3) is 18.0. The van der Waals surface area contributed by atoms with Crippen LogP contribution >= 0.6 is 0 Å². The first kappa shape index (κ1) is 90.1. The van der Waals surface area contributed by atoms with Gasteiger partial charge < -0.3 is 0 Å². The molecule has 700 valence electrons. The monoisotopic (exact) mass is 1910 g/mol. The van der Waals surface area contributed by atoms with E-state index in [2.05, 4.69) is 443 Å². The maximum atomic E-state index is 5.14. The standard InChI is InChI=1S/C52H34N2.C46H30N2.C45H29N3/c1-3-14-35(15-4-1)37-18-12-22-42(31-37)50-34-51(54-52(53-50)36-16-5-2-6-17-36)43-23-13-21-40(32-43)38-19-11-20-39(30-38)41-28-29-48-46-26-8-7-24-44(46)45-25-9-10-27-47(45)49(48)33-41;1-3-13-31(14-4-1)44-30-45(32-15-5-2-6-16-32)48-46(47-44)37-20-12-19-35(28-37)33-17-11-18-34(27-33)36-25-26-42-40-23-8-7-21-38(40)39-22-9-10-24-41(39)43(42)29-36;1-3-13-30(14-4-1)43-46-44(31-15-5-2-6-16-31)48-45(47-43)36-20-12-19-34(28-36)32-17-11-18-33(27-32)35-25-26-41-39-23-8-7-21-37(39)38-22-9-10-24-40(38)42(41)29-35/h1-34H;1-30H;1-29H. The van der Waals surface area contributed by atoms with E-state index < -0.39 is 0 Å². The van der Waals surface area contributed by atoms with Crippen LogP contribution in [0.1, 0.15) is 0 Å². The number of hydrogen-bond donors (Lipinski definition) is 0. The van der Waals surface area contributed by atoms with Gasteiger partial charge in [-0.05, 0) is 248 Å². The Bertz CT molecular complexity index is 9430.